The molecule has 0 fully saturated rings. The fourth-order valence-electron chi connectivity index (χ4n) is 3.86. The van der Waals surface area contributed by atoms with Crippen molar-refractivity contribution in [3.63, 3.8) is 0 Å². The van der Waals surface area contributed by atoms with Gasteiger partial charge in [-0.1, -0.05) is 55.5 Å². The molecule has 0 spiro atoms. The molecule has 0 saturated carbocycles. The minimum Gasteiger partial charge on any atom is -0.496 e. The molecule has 0 unspecified atom stereocenters. The number of Topliss-reactive ketones (excluding diaryl/α,β-unsaturated/α-hetero) is 1. The van der Waals surface area contributed by atoms with Gasteiger partial charge in [0, 0.05) is 17.9 Å². The van der Waals surface area contributed by atoms with Crippen molar-refractivity contribution in [2.75, 3.05) is 14.2 Å². The quantitative estimate of drug-likeness (QED) is 0.712. The van der Waals surface area contributed by atoms with Crippen molar-refractivity contribution in [3.05, 3.63) is 76.9 Å². The van der Waals surface area contributed by atoms with Crippen LogP contribution in [0.15, 0.2) is 65.8 Å². The van der Waals surface area contributed by atoms with Crippen molar-refractivity contribution < 1.29 is 14.3 Å². The summed E-state index contributed by atoms with van der Waals surface area (Å²) in [5.41, 5.74) is 4.02. The topological polar surface area (TPSA) is 35.5 Å². The second-order valence-corrected chi connectivity index (χ2v) is 6.92. The van der Waals surface area contributed by atoms with E-state index < -0.39 is 0 Å². The zero-order valence-electron chi connectivity index (χ0n) is 16.4. The summed E-state index contributed by atoms with van der Waals surface area (Å²) in [5.74, 6) is 2.18. The van der Waals surface area contributed by atoms with Gasteiger partial charge in [0.25, 0.3) is 0 Å². The van der Waals surface area contributed by atoms with Crippen LogP contribution in [0.5, 0.6) is 11.5 Å². The summed E-state index contributed by atoms with van der Waals surface area (Å²) in [6.45, 7) is 4.12. The van der Waals surface area contributed by atoms with E-state index in [0.29, 0.717) is 6.42 Å². The predicted octanol–water partition coefficient (Wildman–Crippen LogP) is 5.43. The van der Waals surface area contributed by atoms with E-state index in [1.807, 2.05) is 55.5 Å². The molecular formula is C24H26O3. The molecule has 27 heavy (non-hydrogen) atoms. The predicted molar refractivity (Wildman–Crippen MR) is 109 cm³/mol. The van der Waals surface area contributed by atoms with Crippen molar-refractivity contribution in [1.82, 2.24) is 0 Å². The van der Waals surface area contributed by atoms with E-state index in [2.05, 4.69) is 19.1 Å². The second-order valence-electron chi connectivity index (χ2n) is 6.92. The maximum Gasteiger partial charge on any atom is 0.159 e. The smallest absolute Gasteiger partial charge is 0.159 e. The molecule has 1 aliphatic rings. The average Bonchev–Trinajstić information content (AvgIpc) is 2.71. The first-order valence-electron chi connectivity index (χ1n) is 9.24. The standard InChI is InChI=1S/C24H26O3/c1-16-19(14-13-18-9-5-7-11-23(18)26-3)17(2)22(25)15-21(16)20-10-6-8-12-24(20)27-4/h5-14,16,21H,15H2,1-4H3/b14-13-/t16-,21+/m0/s1. The molecule has 3 nitrogen and oxygen atoms in total. The first-order valence-corrected chi connectivity index (χ1v) is 9.24. The van der Waals surface area contributed by atoms with Crippen LogP contribution in [-0.4, -0.2) is 20.0 Å². The maximum absolute atomic E-state index is 12.7. The van der Waals surface area contributed by atoms with E-state index in [1.54, 1.807) is 14.2 Å². The Labute approximate surface area is 161 Å². The van der Waals surface area contributed by atoms with Crippen molar-refractivity contribution in [2.45, 2.75) is 26.2 Å². The van der Waals surface area contributed by atoms with Gasteiger partial charge in [-0.15, -0.1) is 0 Å². The van der Waals surface area contributed by atoms with E-state index in [1.165, 1.54) is 0 Å². The number of allylic oxidation sites excluding steroid dienone is 3. The molecule has 0 saturated heterocycles. The van der Waals surface area contributed by atoms with Crippen LogP contribution in [-0.2, 0) is 4.79 Å². The third-order valence-electron chi connectivity index (χ3n) is 5.47. The first kappa shape index (κ1) is 19.0. The van der Waals surface area contributed by atoms with Gasteiger partial charge in [0.2, 0.25) is 0 Å². The zero-order chi connectivity index (χ0) is 19.4. The Kier molecular flexibility index (Phi) is 5.80. The lowest BCUT2D eigenvalue weighted by atomic mass is 9.72. The molecule has 0 N–H and O–H groups in total. The zero-order valence-corrected chi connectivity index (χ0v) is 16.4. The number of hydrogen-bond donors (Lipinski definition) is 0. The molecule has 0 aromatic heterocycles. The van der Waals surface area contributed by atoms with Crippen molar-refractivity contribution >= 4 is 11.9 Å². The highest BCUT2D eigenvalue weighted by Crippen LogP contribution is 2.43. The largest absolute Gasteiger partial charge is 0.496 e. The monoisotopic (exact) mass is 362 g/mol. The van der Waals surface area contributed by atoms with Gasteiger partial charge in [0.1, 0.15) is 11.5 Å². The maximum atomic E-state index is 12.7. The van der Waals surface area contributed by atoms with Crippen LogP contribution in [0.1, 0.15) is 37.3 Å². The average molecular weight is 362 g/mol. The number of rotatable bonds is 5. The Morgan fingerprint density at radius 1 is 0.926 bits per heavy atom. The lowest BCUT2D eigenvalue weighted by molar-refractivity contribution is -0.116. The number of ether oxygens (including phenoxy) is 2. The van der Waals surface area contributed by atoms with Crippen LogP contribution in [0.25, 0.3) is 6.08 Å². The van der Waals surface area contributed by atoms with Gasteiger partial charge in [-0.2, -0.15) is 0 Å². The third kappa shape index (κ3) is 3.82. The second kappa shape index (κ2) is 8.26. The van der Waals surface area contributed by atoms with Gasteiger partial charge < -0.3 is 9.47 Å². The van der Waals surface area contributed by atoms with Crippen LogP contribution >= 0.6 is 0 Å². The summed E-state index contributed by atoms with van der Waals surface area (Å²) in [4.78, 5) is 12.7. The van der Waals surface area contributed by atoms with Crippen molar-refractivity contribution in [1.29, 1.82) is 0 Å². The molecule has 0 bridgehead atoms. The molecule has 2 atom stereocenters. The number of para-hydroxylation sites is 2. The SMILES string of the molecule is COc1ccccc1/C=C\C1=C(C)C(=O)C[C@@H](c2ccccc2OC)[C@H]1C. The molecule has 0 aliphatic heterocycles. The van der Waals surface area contributed by atoms with Gasteiger partial charge >= 0.3 is 0 Å². The van der Waals surface area contributed by atoms with Crippen LogP contribution in [0.4, 0.5) is 0 Å². The molecule has 0 radical (unpaired) electrons. The van der Waals surface area contributed by atoms with E-state index in [9.17, 15) is 4.79 Å². The fraction of sp³-hybridized carbons (Fsp3) is 0.292. The van der Waals surface area contributed by atoms with E-state index >= 15 is 0 Å². The Morgan fingerprint density at radius 2 is 1.56 bits per heavy atom. The molecule has 3 rings (SSSR count). The summed E-state index contributed by atoms with van der Waals surface area (Å²) >= 11 is 0. The molecule has 140 valence electrons. The Bertz CT molecular complexity index is 892. The first-order chi connectivity index (χ1) is 13.1. The summed E-state index contributed by atoms with van der Waals surface area (Å²) in [5, 5.41) is 0. The number of hydrogen-bond acceptors (Lipinski definition) is 3. The summed E-state index contributed by atoms with van der Waals surface area (Å²) in [7, 11) is 3.35. The van der Waals surface area contributed by atoms with Gasteiger partial charge in [-0.05, 0) is 41.7 Å². The number of carbonyl (C=O) groups excluding carboxylic acids is 1. The van der Waals surface area contributed by atoms with E-state index in [0.717, 1.165) is 33.8 Å². The van der Waals surface area contributed by atoms with Crippen LogP contribution in [0.3, 0.4) is 0 Å². The summed E-state index contributed by atoms with van der Waals surface area (Å²) in [6.07, 6.45) is 4.61. The van der Waals surface area contributed by atoms with Crippen LogP contribution in [0, 0.1) is 5.92 Å². The van der Waals surface area contributed by atoms with Gasteiger partial charge in [-0.25, -0.2) is 0 Å². The van der Waals surface area contributed by atoms with E-state index in [-0.39, 0.29) is 17.6 Å². The van der Waals surface area contributed by atoms with Crippen molar-refractivity contribution in [3.8, 4) is 11.5 Å². The summed E-state index contributed by atoms with van der Waals surface area (Å²) < 4.78 is 11.0. The van der Waals surface area contributed by atoms with Gasteiger partial charge in [-0.3, -0.25) is 4.79 Å². The number of carbonyl (C=O) groups is 1. The minimum absolute atomic E-state index is 0.106. The molecule has 0 amide bonds. The number of ketones is 1. The molecule has 0 heterocycles. The number of benzene rings is 2. The Balaban J connectivity index is 1.98. The molecule has 3 heteroatoms. The van der Waals surface area contributed by atoms with Crippen LogP contribution in [0.2, 0.25) is 0 Å². The normalized spacial score (nSPS) is 20.2. The lowest BCUT2D eigenvalue weighted by Crippen LogP contribution is -2.24. The highest BCUT2D eigenvalue weighted by atomic mass is 16.5. The lowest BCUT2D eigenvalue weighted by Gasteiger charge is -2.31. The van der Waals surface area contributed by atoms with E-state index in [4.69, 9.17) is 9.47 Å². The summed E-state index contributed by atoms with van der Waals surface area (Å²) in [6, 6.07) is 15.9. The molecule has 2 aromatic rings. The Hall–Kier alpha value is -2.81. The molecular weight excluding hydrogens is 336 g/mol. The Morgan fingerprint density at radius 3 is 2.26 bits per heavy atom. The minimum atomic E-state index is 0.106. The fourth-order valence-corrected chi connectivity index (χ4v) is 3.86. The van der Waals surface area contributed by atoms with Gasteiger partial charge in [0.15, 0.2) is 5.78 Å². The van der Waals surface area contributed by atoms with Gasteiger partial charge in [0.05, 0.1) is 14.2 Å². The highest BCUT2D eigenvalue weighted by Gasteiger charge is 2.33. The number of methoxy groups -OCH3 is 2. The third-order valence-corrected chi connectivity index (χ3v) is 5.47. The highest BCUT2D eigenvalue weighted by molar-refractivity contribution is 5.98. The van der Waals surface area contributed by atoms with Crippen molar-refractivity contribution in [2.24, 2.45) is 5.92 Å². The van der Waals surface area contributed by atoms with Crippen LogP contribution < -0.4 is 9.47 Å². The molecule has 1 aliphatic carbocycles. The molecule has 2 aromatic carbocycles.